The zero-order valence-electron chi connectivity index (χ0n) is 12.4. The minimum atomic E-state index is 0.323. The summed E-state index contributed by atoms with van der Waals surface area (Å²) in [4.78, 5) is 1.37. The molecule has 1 unspecified atom stereocenters. The van der Waals surface area contributed by atoms with Crippen LogP contribution in [0.2, 0.25) is 0 Å². The van der Waals surface area contributed by atoms with Gasteiger partial charge in [0.1, 0.15) is 0 Å². The highest BCUT2D eigenvalue weighted by atomic mass is 32.2. The van der Waals surface area contributed by atoms with Crippen molar-refractivity contribution in [1.82, 2.24) is 0 Å². The van der Waals surface area contributed by atoms with Crippen LogP contribution in [-0.4, -0.2) is 21.9 Å². The van der Waals surface area contributed by atoms with E-state index >= 15 is 0 Å². The third-order valence-corrected chi connectivity index (χ3v) is 5.42. The van der Waals surface area contributed by atoms with Gasteiger partial charge >= 0.3 is 0 Å². The van der Waals surface area contributed by atoms with Crippen molar-refractivity contribution >= 4 is 23.5 Å². The number of aliphatic hydroxyl groups excluding tert-OH is 1. The van der Waals surface area contributed by atoms with Gasteiger partial charge in [0.05, 0.1) is 5.76 Å². The lowest BCUT2D eigenvalue weighted by Crippen LogP contribution is -2.05. The summed E-state index contributed by atoms with van der Waals surface area (Å²) in [6, 6.07) is 10.6. The molecular formula is C17H26OS2. The molecule has 1 nitrogen and oxygen atoms in total. The molecule has 0 amide bonds. The van der Waals surface area contributed by atoms with Crippen LogP contribution in [0.1, 0.15) is 39.0 Å². The Bertz CT molecular complexity index is 365. The molecule has 112 valence electrons. The molecule has 1 rings (SSSR count). The quantitative estimate of drug-likeness (QED) is 0.311. The molecule has 0 spiro atoms. The van der Waals surface area contributed by atoms with Gasteiger partial charge in [-0.15, -0.1) is 11.8 Å². The maximum absolute atomic E-state index is 9.09. The van der Waals surface area contributed by atoms with E-state index in [4.69, 9.17) is 5.11 Å². The lowest BCUT2D eigenvalue weighted by atomic mass is 10.1. The minimum Gasteiger partial charge on any atom is -0.513 e. The summed E-state index contributed by atoms with van der Waals surface area (Å²) in [6.45, 7) is 5.77. The Labute approximate surface area is 132 Å². The Hall–Kier alpha value is -0.540. The Balaban J connectivity index is 2.19. The second-order valence-corrected chi connectivity index (χ2v) is 7.59. The number of hydrogen-bond donors (Lipinski definition) is 1. The first kappa shape index (κ1) is 17.5. The number of aliphatic hydroxyl groups is 1. The fraction of sp³-hybridized carbons (Fsp3) is 0.529. The highest BCUT2D eigenvalue weighted by Crippen LogP contribution is 2.25. The number of benzene rings is 1. The third-order valence-electron chi connectivity index (χ3n) is 3.10. The summed E-state index contributed by atoms with van der Waals surface area (Å²) in [5, 5.41) is 9.84. The van der Waals surface area contributed by atoms with E-state index in [2.05, 4.69) is 55.6 Å². The molecule has 0 saturated heterocycles. The summed E-state index contributed by atoms with van der Waals surface area (Å²) in [7, 11) is 0. The molecule has 1 aromatic rings. The van der Waals surface area contributed by atoms with Crippen LogP contribution in [0, 0.1) is 0 Å². The van der Waals surface area contributed by atoms with Crippen molar-refractivity contribution in [2.75, 3.05) is 11.5 Å². The van der Waals surface area contributed by atoms with Crippen LogP contribution in [-0.2, 0) is 0 Å². The predicted molar refractivity (Wildman–Crippen MR) is 93.9 cm³/mol. The lowest BCUT2D eigenvalue weighted by Gasteiger charge is -2.15. The molecule has 1 N–H and O–H groups in total. The number of thioether (sulfide) groups is 2. The van der Waals surface area contributed by atoms with Gasteiger partial charge in [-0.2, -0.15) is 11.8 Å². The first-order valence-corrected chi connectivity index (χ1v) is 9.42. The molecule has 0 aliphatic rings. The fourth-order valence-electron chi connectivity index (χ4n) is 2.07. The molecule has 0 fully saturated rings. The molecule has 0 aromatic heterocycles. The van der Waals surface area contributed by atoms with Crippen molar-refractivity contribution in [2.24, 2.45) is 0 Å². The smallest absolute Gasteiger partial charge is 0.0851 e. The van der Waals surface area contributed by atoms with Gasteiger partial charge in [-0.25, -0.2) is 0 Å². The standard InChI is InChI=1S/C17H26OS2/c1-3-19-17(12-8-7-9-15(2)18)13-14-20-16-10-5-4-6-11-16/h4-6,10-11,17-18H,2-3,7-9,12-14H2,1H3. The van der Waals surface area contributed by atoms with Gasteiger partial charge in [-0.1, -0.05) is 38.1 Å². The van der Waals surface area contributed by atoms with Crippen LogP contribution in [0.4, 0.5) is 0 Å². The Morgan fingerprint density at radius 1 is 1.20 bits per heavy atom. The zero-order chi connectivity index (χ0) is 14.6. The number of unbranched alkanes of at least 4 members (excludes halogenated alkanes) is 1. The molecule has 1 aromatic carbocycles. The SMILES string of the molecule is C=C(O)CCCCC(CCSc1ccccc1)SCC. The molecule has 0 heterocycles. The normalized spacial score (nSPS) is 12.2. The van der Waals surface area contributed by atoms with Gasteiger partial charge in [0, 0.05) is 16.6 Å². The first-order valence-electron chi connectivity index (χ1n) is 7.38. The zero-order valence-corrected chi connectivity index (χ0v) is 14.0. The molecule has 0 saturated carbocycles. The van der Waals surface area contributed by atoms with E-state index in [1.165, 1.54) is 35.7 Å². The summed E-state index contributed by atoms with van der Waals surface area (Å²) >= 11 is 4.02. The molecule has 3 heteroatoms. The average molecular weight is 311 g/mol. The molecule has 0 aliphatic heterocycles. The molecule has 0 bridgehead atoms. The van der Waals surface area contributed by atoms with Gasteiger partial charge in [-0.3, -0.25) is 0 Å². The average Bonchev–Trinajstić information content (AvgIpc) is 2.44. The van der Waals surface area contributed by atoms with Crippen LogP contribution in [0.3, 0.4) is 0 Å². The van der Waals surface area contributed by atoms with Crippen molar-refractivity contribution in [3.63, 3.8) is 0 Å². The topological polar surface area (TPSA) is 20.2 Å². The molecule has 1 atom stereocenters. The van der Waals surface area contributed by atoms with Crippen molar-refractivity contribution in [2.45, 2.75) is 49.2 Å². The van der Waals surface area contributed by atoms with E-state index in [1.807, 2.05) is 11.8 Å². The van der Waals surface area contributed by atoms with E-state index in [9.17, 15) is 0 Å². The van der Waals surface area contributed by atoms with E-state index in [0.717, 1.165) is 18.1 Å². The summed E-state index contributed by atoms with van der Waals surface area (Å²) in [5.74, 6) is 2.70. The molecular weight excluding hydrogens is 284 g/mol. The van der Waals surface area contributed by atoms with Crippen molar-refractivity contribution in [3.05, 3.63) is 42.7 Å². The van der Waals surface area contributed by atoms with Crippen LogP contribution in [0.25, 0.3) is 0 Å². The molecule has 0 radical (unpaired) electrons. The number of rotatable bonds is 11. The van der Waals surface area contributed by atoms with E-state index in [0.29, 0.717) is 5.76 Å². The van der Waals surface area contributed by atoms with E-state index in [1.54, 1.807) is 0 Å². The first-order chi connectivity index (χ1) is 9.72. The van der Waals surface area contributed by atoms with Crippen LogP contribution in [0.5, 0.6) is 0 Å². The van der Waals surface area contributed by atoms with E-state index in [-0.39, 0.29) is 0 Å². The largest absolute Gasteiger partial charge is 0.513 e. The lowest BCUT2D eigenvalue weighted by molar-refractivity contribution is 0.383. The second kappa shape index (κ2) is 11.2. The van der Waals surface area contributed by atoms with Crippen molar-refractivity contribution in [3.8, 4) is 0 Å². The second-order valence-electron chi connectivity index (χ2n) is 4.84. The molecule has 0 aliphatic carbocycles. The Morgan fingerprint density at radius 3 is 2.60 bits per heavy atom. The maximum atomic E-state index is 9.09. The van der Waals surface area contributed by atoms with Gasteiger partial charge in [0.15, 0.2) is 0 Å². The predicted octanol–water partition coefficient (Wildman–Crippen LogP) is 5.92. The van der Waals surface area contributed by atoms with Crippen molar-refractivity contribution < 1.29 is 5.11 Å². The highest BCUT2D eigenvalue weighted by molar-refractivity contribution is 8.00. The van der Waals surface area contributed by atoms with Crippen LogP contribution < -0.4 is 0 Å². The fourth-order valence-corrected chi connectivity index (χ4v) is 4.30. The van der Waals surface area contributed by atoms with Crippen molar-refractivity contribution in [1.29, 1.82) is 0 Å². The summed E-state index contributed by atoms with van der Waals surface area (Å²) in [6.07, 6.45) is 5.51. The van der Waals surface area contributed by atoms with E-state index < -0.39 is 0 Å². The minimum absolute atomic E-state index is 0.323. The van der Waals surface area contributed by atoms with Gasteiger partial charge in [0.25, 0.3) is 0 Å². The number of hydrogen-bond acceptors (Lipinski definition) is 3. The maximum Gasteiger partial charge on any atom is 0.0851 e. The van der Waals surface area contributed by atoms with Gasteiger partial charge in [-0.05, 0) is 42.9 Å². The third kappa shape index (κ3) is 8.60. The van der Waals surface area contributed by atoms with Gasteiger partial charge in [0.2, 0.25) is 0 Å². The Morgan fingerprint density at radius 2 is 1.95 bits per heavy atom. The highest BCUT2D eigenvalue weighted by Gasteiger charge is 2.08. The number of allylic oxidation sites excluding steroid dienone is 1. The summed E-state index contributed by atoms with van der Waals surface area (Å²) in [5.41, 5.74) is 0. The Kier molecular flexibility index (Phi) is 9.77. The molecule has 20 heavy (non-hydrogen) atoms. The van der Waals surface area contributed by atoms with Crippen LogP contribution in [0.15, 0.2) is 47.6 Å². The monoisotopic (exact) mass is 310 g/mol. The van der Waals surface area contributed by atoms with Gasteiger partial charge < -0.3 is 5.11 Å². The van der Waals surface area contributed by atoms with Crippen LogP contribution >= 0.6 is 23.5 Å². The summed E-state index contributed by atoms with van der Waals surface area (Å²) < 4.78 is 0.